The molecule has 2 rings (SSSR count). The minimum atomic E-state index is -0.714. The van der Waals surface area contributed by atoms with Crippen LogP contribution in [0.25, 0.3) is 0 Å². The van der Waals surface area contributed by atoms with Crippen molar-refractivity contribution in [2.45, 2.75) is 32.7 Å². The van der Waals surface area contributed by atoms with Gasteiger partial charge >= 0.3 is 6.03 Å². The first-order chi connectivity index (χ1) is 12.2. The molecule has 1 atom stereocenters. The predicted molar refractivity (Wildman–Crippen MR) is 98.0 cm³/mol. The van der Waals surface area contributed by atoms with Crippen LogP contribution < -0.4 is 4.74 Å². The van der Waals surface area contributed by atoms with Crippen LogP contribution in [-0.4, -0.2) is 72.9 Å². The highest BCUT2D eigenvalue weighted by molar-refractivity contribution is 6.05. The Morgan fingerprint density at radius 1 is 1.23 bits per heavy atom. The number of nitrogens with zero attached hydrogens (tertiary/aromatic N) is 3. The van der Waals surface area contributed by atoms with Gasteiger partial charge in [-0.25, -0.2) is 4.79 Å². The zero-order valence-corrected chi connectivity index (χ0v) is 16.1. The summed E-state index contributed by atoms with van der Waals surface area (Å²) < 4.78 is 5.79. The number of carbonyl (C=O) groups excluding carboxylic acids is 3. The van der Waals surface area contributed by atoms with Gasteiger partial charge in [-0.1, -0.05) is 12.1 Å². The smallest absolute Gasteiger partial charge is 0.326 e. The molecule has 1 aliphatic rings. The van der Waals surface area contributed by atoms with Crippen LogP contribution in [0.1, 0.15) is 24.0 Å². The Hall–Kier alpha value is -2.57. The third-order valence-corrected chi connectivity index (χ3v) is 4.70. The molecule has 0 saturated carbocycles. The number of likely N-dealkylation sites (N-methyl/N-ethyl adjacent to an activating group) is 2. The van der Waals surface area contributed by atoms with Crippen LogP contribution in [0.5, 0.6) is 5.75 Å². The fourth-order valence-electron chi connectivity index (χ4n) is 2.87. The highest BCUT2D eigenvalue weighted by Gasteiger charge is 2.42. The van der Waals surface area contributed by atoms with E-state index >= 15 is 0 Å². The molecule has 26 heavy (non-hydrogen) atoms. The van der Waals surface area contributed by atoms with Gasteiger partial charge in [0.05, 0.1) is 13.0 Å². The molecule has 0 spiro atoms. The van der Waals surface area contributed by atoms with E-state index in [1.54, 1.807) is 19.0 Å². The quantitative estimate of drug-likeness (QED) is 0.549. The summed E-state index contributed by atoms with van der Waals surface area (Å²) in [5.74, 6) is 0.362. The van der Waals surface area contributed by atoms with E-state index in [0.717, 1.165) is 21.8 Å². The number of imide groups is 1. The van der Waals surface area contributed by atoms with Crippen molar-refractivity contribution in [2.24, 2.45) is 0 Å². The van der Waals surface area contributed by atoms with Crippen LogP contribution in [0.2, 0.25) is 0 Å². The maximum Gasteiger partial charge on any atom is 0.326 e. The molecule has 1 unspecified atom stereocenters. The Balaban J connectivity index is 1.78. The summed E-state index contributed by atoms with van der Waals surface area (Å²) in [7, 11) is 4.67. The molecule has 4 amide bonds. The van der Waals surface area contributed by atoms with Gasteiger partial charge in [0.1, 0.15) is 11.8 Å². The van der Waals surface area contributed by atoms with Crippen LogP contribution >= 0.6 is 0 Å². The zero-order chi connectivity index (χ0) is 19.4. The summed E-state index contributed by atoms with van der Waals surface area (Å²) in [6.07, 6.45) is 0.683. The van der Waals surface area contributed by atoms with Crippen molar-refractivity contribution in [3.8, 4) is 5.75 Å². The third kappa shape index (κ3) is 4.33. The van der Waals surface area contributed by atoms with E-state index in [1.807, 2.05) is 32.0 Å². The molecule has 1 aliphatic heterocycles. The minimum absolute atomic E-state index is 0.000239. The zero-order valence-electron chi connectivity index (χ0n) is 16.1. The largest absolute Gasteiger partial charge is 0.493 e. The van der Waals surface area contributed by atoms with Gasteiger partial charge in [-0.05, 0) is 37.5 Å². The maximum atomic E-state index is 12.3. The standard InChI is InChI=1S/C19H27N3O4/c1-13-7-8-14(2)16(11-13)26-10-6-9-20(3)17(23)12-15-18(24)22(5)19(25)21(15)4/h7-8,11,15H,6,9-10,12H2,1-5H3. The SMILES string of the molecule is Cc1ccc(C)c(OCCCN(C)C(=O)CC2C(=O)N(C)C(=O)N2C)c1. The second-order valence-corrected chi connectivity index (χ2v) is 6.80. The van der Waals surface area contributed by atoms with Gasteiger partial charge in [0.25, 0.3) is 5.91 Å². The van der Waals surface area contributed by atoms with Gasteiger partial charge in [-0.15, -0.1) is 0 Å². The summed E-state index contributed by atoms with van der Waals surface area (Å²) in [5, 5.41) is 0. The summed E-state index contributed by atoms with van der Waals surface area (Å²) >= 11 is 0. The lowest BCUT2D eigenvalue weighted by atomic mass is 10.1. The Morgan fingerprint density at radius 2 is 1.92 bits per heavy atom. The van der Waals surface area contributed by atoms with Crippen molar-refractivity contribution in [3.63, 3.8) is 0 Å². The normalized spacial score (nSPS) is 17.0. The molecule has 7 heteroatoms. The lowest BCUT2D eigenvalue weighted by Crippen LogP contribution is -2.38. The fraction of sp³-hybridized carbons (Fsp3) is 0.526. The second kappa shape index (κ2) is 8.21. The molecule has 1 saturated heterocycles. The minimum Gasteiger partial charge on any atom is -0.493 e. The molecule has 0 bridgehead atoms. The van der Waals surface area contributed by atoms with E-state index in [0.29, 0.717) is 19.6 Å². The fourth-order valence-corrected chi connectivity index (χ4v) is 2.87. The number of carbonyl (C=O) groups is 3. The number of rotatable bonds is 7. The van der Waals surface area contributed by atoms with Gasteiger partial charge in [0, 0.05) is 27.7 Å². The molecule has 1 aromatic rings. The van der Waals surface area contributed by atoms with Crippen molar-refractivity contribution in [2.75, 3.05) is 34.3 Å². The monoisotopic (exact) mass is 361 g/mol. The predicted octanol–water partition coefficient (Wildman–Crippen LogP) is 1.81. The first-order valence-electron chi connectivity index (χ1n) is 8.70. The molecule has 0 aromatic heterocycles. The van der Waals surface area contributed by atoms with Crippen LogP contribution in [-0.2, 0) is 9.59 Å². The van der Waals surface area contributed by atoms with Gasteiger partial charge in [0.15, 0.2) is 0 Å². The summed E-state index contributed by atoms with van der Waals surface area (Å²) in [5.41, 5.74) is 2.22. The van der Waals surface area contributed by atoms with E-state index in [4.69, 9.17) is 4.74 Å². The molecule has 0 radical (unpaired) electrons. The van der Waals surface area contributed by atoms with Crippen molar-refractivity contribution in [3.05, 3.63) is 29.3 Å². The number of ether oxygens (including phenoxy) is 1. The lowest BCUT2D eigenvalue weighted by Gasteiger charge is -2.21. The molecule has 0 N–H and O–H groups in total. The highest BCUT2D eigenvalue weighted by atomic mass is 16.5. The van der Waals surface area contributed by atoms with Crippen molar-refractivity contribution in [1.29, 1.82) is 0 Å². The average molecular weight is 361 g/mol. The van der Waals surface area contributed by atoms with Crippen LogP contribution in [0.3, 0.4) is 0 Å². The van der Waals surface area contributed by atoms with E-state index in [1.165, 1.54) is 11.9 Å². The molecule has 7 nitrogen and oxygen atoms in total. The Kier molecular flexibility index (Phi) is 6.23. The summed E-state index contributed by atoms with van der Waals surface area (Å²) in [6, 6.07) is 4.97. The number of aryl methyl sites for hydroxylation is 2. The molecule has 0 aliphatic carbocycles. The van der Waals surface area contributed by atoms with Crippen molar-refractivity contribution >= 4 is 17.8 Å². The highest BCUT2D eigenvalue weighted by Crippen LogP contribution is 2.19. The van der Waals surface area contributed by atoms with Gasteiger partial charge in [-0.3, -0.25) is 14.5 Å². The van der Waals surface area contributed by atoms with Gasteiger partial charge in [0.2, 0.25) is 5.91 Å². The van der Waals surface area contributed by atoms with E-state index in [2.05, 4.69) is 0 Å². The lowest BCUT2D eigenvalue weighted by molar-refractivity contribution is -0.135. The summed E-state index contributed by atoms with van der Waals surface area (Å²) in [6.45, 7) is 5.05. The molecular weight excluding hydrogens is 334 g/mol. The van der Waals surface area contributed by atoms with E-state index < -0.39 is 6.04 Å². The summed E-state index contributed by atoms with van der Waals surface area (Å²) in [4.78, 5) is 40.1. The van der Waals surface area contributed by atoms with Crippen molar-refractivity contribution < 1.29 is 19.1 Å². The van der Waals surface area contributed by atoms with Gasteiger partial charge in [-0.2, -0.15) is 0 Å². The molecule has 1 heterocycles. The van der Waals surface area contributed by atoms with Crippen LogP contribution in [0.4, 0.5) is 4.79 Å². The van der Waals surface area contributed by atoms with Crippen LogP contribution in [0.15, 0.2) is 18.2 Å². The molecular formula is C19H27N3O4. The Bertz CT molecular complexity index is 704. The molecule has 1 aromatic carbocycles. The number of benzene rings is 1. The topological polar surface area (TPSA) is 70.2 Å². The Labute approximate surface area is 154 Å². The number of amides is 4. The van der Waals surface area contributed by atoms with E-state index in [-0.39, 0.29) is 24.3 Å². The number of hydrogen-bond acceptors (Lipinski definition) is 4. The number of hydrogen-bond donors (Lipinski definition) is 0. The van der Waals surface area contributed by atoms with E-state index in [9.17, 15) is 14.4 Å². The molecule has 142 valence electrons. The Morgan fingerprint density at radius 3 is 2.54 bits per heavy atom. The maximum absolute atomic E-state index is 12.3. The second-order valence-electron chi connectivity index (χ2n) is 6.80. The third-order valence-electron chi connectivity index (χ3n) is 4.70. The molecule has 1 fully saturated rings. The van der Waals surface area contributed by atoms with Crippen LogP contribution in [0, 0.1) is 13.8 Å². The average Bonchev–Trinajstić information content (AvgIpc) is 2.79. The van der Waals surface area contributed by atoms with Gasteiger partial charge < -0.3 is 14.5 Å². The number of urea groups is 1. The first-order valence-corrected chi connectivity index (χ1v) is 8.70. The first kappa shape index (κ1) is 19.8. The van der Waals surface area contributed by atoms with Crippen molar-refractivity contribution in [1.82, 2.24) is 14.7 Å².